The third-order valence-electron chi connectivity index (χ3n) is 6.05. The molecule has 31 heavy (non-hydrogen) atoms. The number of hydrogen-bond donors (Lipinski definition) is 2. The number of H-pyrrole nitrogens is 1. The average Bonchev–Trinajstić information content (AvgIpc) is 3.42. The van der Waals surface area contributed by atoms with E-state index in [1.165, 1.54) is 37.1 Å². The largest absolute Gasteiger partial charge is 0.478 e. The Labute approximate surface area is 181 Å². The normalized spacial score (nSPS) is 14.4. The van der Waals surface area contributed by atoms with Crippen molar-refractivity contribution in [3.8, 4) is 22.3 Å². The van der Waals surface area contributed by atoms with Crippen molar-refractivity contribution in [1.29, 1.82) is 0 Å². The summed E-state index contributed by atoms with van der Waals surface area (Å²) in [5.41, 5.74) is 6.98. The van der Waals surface area contributed by atoms with Crippen molar-refractivity contribution in [2.24, 2.45) is 0 Å². The molecule has 1 aliphatic rings. The molecule has 4 aromatic rings. The van der Waals surface area contributed by atoms with E-state index in [4.69, 9.17) is 0 Å². The molecule has 3 aromatic carbocycles. The number of nitrogens with zero attached hydrogens (tertiary/aromatic N) is 2. The number of hydrogen-bond acceptors (Lipinski definition) is 3. The zero-order valence-electron chi connectivity index (χ0n) is 17.6. The third-order valence-corrected chi connectivity index (χ3v) is 6.05. The summed E-state index contributed by atoms with van der Waals surface area (Å²) >= 11 is 0. The molecule has 5 nitrogen and oxygen atoms in total. The molecule has 0 spiro atoms. The lowest BCUT2D eigenvalue weighted by atomic mass is 9.98. The standard InChI is InChI=1S/C26H25N3O2/c1-17-27-24-15-22(14-23(26(30)31)25(24)28-17)21-10-8-20(9-11-21)19-6-4-18(5-7-19)16-29-12-2-3-13-29/h4-11,14-15H,2-3,12-13,16H2,1H3,(H,27,28)(H,30,31). The number of fused-ring (bicyclic) bond motifs is 1. The molecule has 156 valence electrons. The number of nitrogens with one attached hydrogen (secondary N) is 1. The van der Waals surface area contributed by atoms with E-state index in [0.717, 1.165) is 28.8 Å². The number of carboxylic acid groups (broad SMARTS) is 1. The lowest BCUT2D eigenvalue weighted by Crippen LogP contribution is -2.18. The monoisotopic (exact) mass is 411 g/mol. The average molecular weight is 412 g/mol. The van der Waals surface area contributed by atoms with Crippen LogP contribution in [0.15, 0.2) is 60.7 Å². The summed E-state index contributed by atoms with van der Waals surface area (Å²) in [4.78, 5) is 21.7. The topological polar surface area (TPSA) is 69.2 Å². The van der Waals surface area contributed by atoms with E-state index in [0.29, 0.717) is 11.3 Å². The molecule has 0 aliphatic carbocycles. The van der Waals surface area contributed by atoms with Crippen molar-refractivity contribution in [1.82, 2.24) is 14.9 Å². The minimum Gasteiger partial charge on any atom is -0.478 e. The van der Waals surface area contributed by atoms with Crippen LogP contribution in [0.4, 0.5) is 0 Å². The van der Waals surface area contributed by atoms with Crippen molar-refractivity contribution in [3.05, 3.63) is 77.6 Å². The molecule has 1 aromatic heterocycles. The van der Waals surface area contributed by atoms with E-state index in [1.54, 1.807) is 6.07 Å². The first-order valence-corrected chi connectivity index (χ1v) is 10.7. The number of likely N-dealkylation sites (tertiary alicyclic amines) is 1. The van der Waals surface area contributed by atoms with Gasteiger partial charge in [0.15, 0.2) is 0 Å². The second-order valence-corrected chi connectivity index (χ2v) is 8.30. The number of aryl methyl sites for hydroxylation is 1. The fourth-order valence-corrected chi connectivity index (χ4v) is 4.43. The van der Waals surface area contributed by atoms with Gasteiger partial charge in [-0.3, -0.25) is 4.90 Å². The van der Waals surface area contributed by atoms with Gasteiger partial charge in [0.1, 0.15) is 11.3 Å². The zero-order valence-corrected chi connectivity index (χ0v) is 17.6. The van der Waals surface area contributed by atoms with Crippen LogP contribution in [0.2, 0.25) is 0 Å². The summed E-state index contributed by atoms with van der Waals surface area (Å²) in [6.07, 6.45) is 2.62. The number of benzene rings is 3. The van der Waals surface area contributed by atoms with Crippen molar-refractivity contribution in [2.75, 3.05) is 13.1 Å². The van der Waals surface area contributed by atoms with Gasteiger partial charge in [-0.25, -0.2) is 9.78 Å². The first-order valence-electron chi connectivity index (χ1n) is 10.7. The van der Waals surface area contributed by atoms with Crippen LogP contribution in [0.1, 0.15) is 34.6 Å². The van der Waals surface area contributed by atoms with E-state index < -0.39 is 5.97 Å². The van der Waals surface area contributed by atoms with Gasteiger partial charge in [-0.15, -0.1) is 0 Å². The number of aromatic amines is 1. The van der Waals surface area contributed by atoms with Gasteiger partial charge in [0, 0.05) is 6.54 Å². The molecule has 0 radical (unpaired) electrons. The van der Waals surface area contributed by atoms with Gasteiger partial charge >= 0.3 is 5.97 Å². The molecule has 5 heteroatoms. The molecular weight excluding hydrogens is 386 g/mol. The van der Waals surface area contributed by atoms with E-state index in [-0.39, 0.29) is 5.56 Å². The van der Waals surface area contributed by atoms with Gasteiger partial charge in [-0.05, 0) is 72.8 Å². The second kappa shape index (κ2) is 8.00. The van der Waals surface area contributed by atoms with Crippen molar-refractivity contribution >= 4 is 17.0 Å². The fourth-order valence-electron chi connectivity index (χ4n) is 4.43. The molecule has 2 N–H and O–H groups in total. The maximum Gasteiger partial charge on any atom is 0.337 e. The summed E-state index contributed by atoms with van der Waals surface area (Å²) in [6, 6.07) is 20.7. The maximum absolute atomic E-state index is 11.7. The van der Waals surface area contributed by atoms with Crippen LogP contribution < -0.4 is 0 Å². The van der Waals surface area contributed by atoms with Crippen LogP contribution in [0.25, 0.3) is 33.3 Å². The molecule has 0 unspecified atom stereocenters. The van der Waals surface area contributed by atoms with E-state index in [9.17, 15) is 9.90 Å². The summed E-state index contributed by atoms with van der Waals surface area (Å²) in [5, 5.41) is 9.61. The van der Waals surface area contributed by atoms with Crippen LogP contribution in [0, 0.1) is 6.92 Å². The van der Waals surface area contributed by atoms with Gasteiger partial charge in [0.05, 0.1) is 11.1 Å². The quantitative estimate of drug-likeness (QED) is 0.455. The molecule has 0 atom stereocenters. The molecular formula is C26H25N3O2. The van der Waals surface area contributed by atoms with Crippen LogP contribution in [-0.4, -0.2) is 39.0 Å². The SMILES string of the molecule is Cc1nc2c(C(=O)O)cc(-c3ccc(-c4ccc(CN5CCCC5)cc4)cc3)cc2[nH]1. The molecule has 5 rings (SSSR count). The molecule has 2 heterocycles. The Morgan fingerprint density at radius 1 is 0.935 bits per heavy atom. The number of imidazole rings is 1. The van der Waals surface area contributed by atoms with Crippen LogP contribution in [0.5, 0.6) is 0 Å². The lowest BCUT2D eigenvalue weighted by Gasteiger charge is -2.14. The minimum absolute atomic E-state index is 0.217. The van der Waals surface area contributed by atoms with Gasteiger partial charge in [0.25, 0.3) is 0 Å². The molecule has 0 bridgehead atoms. The number of rotatable bonds is 5. The summed E-state index contributed by atoms with van der Waals surface area (Å²) in [5.74, 6) is -0.262. The second-order valence-electron chi connectivity index (χ2n) is 8.30. The molecule has 1 fully saturated rings. The zero-order chi connectivity index (χ0) is 21.4. The van der Waals surface area contributed by atoms with Crippen LogP contribution >= 0.6 is 0 Å². The van der Waals surface area contributed by atoms with E-state index in [2.05, 4.69) is 51.3 Å². The van der Waals surface area contributed by atoms with Gasteiger partial charge < -0.3 is 10.1 Å². The first-order chi connectivity index (χ1) is 15.1. The molecule has 0 amide bonds. The smallest absolute Gasteiger partial charge is 0.337 e. The van der Waals surface area contributed by atoms with Gasteiger partial charge in [0.2, 0.25) is 0 Å². The number of aromatic nitrogens is 2. The fraction of sp³-hybridized carbons (Fsp3) is 0.231. The third kappa shape index (κ3) is 3.97. The lowest BCUT2D eigenvalue weighted by molar-refractivity contribution is 0.0699. The highest BCUT2D eigenvalue weighted by Gasteiger charge is 2.15. The Morgan fingerprint density at radius 3 is 2.13 bits per heavy atom. The first kappa shape index (κ1) is 19.5. The van der Waals surface area contributed by atoms with Crippen LogP contribution in [-0.2, 0) is 6.54 Å². The highest BCUT2D eigenvalue weighted by molar-refractivity contribution is 6.03. The van der Waals surface area contributed by atoms with E-state index >= 15 is 0 Å². The number of carbonyl (C=O) groups is 1. The van der Waals surface area contributed by atoms with Crippen LogP contribution in [0.3, 0.4) is 0 Å². The Hall–Kier alpha value is -3.44. The predicted octanol–water partition coefficient (Wildman–Crippen LogP) is 5.50. The van der Waals surface area contributed by atoms with Crippen molar-refractivity contribution in [2.45, 2.75) is 26.3 Å². The summed E-state index contributed by atoms with van der Waals surface area (Å²) < 4.78 is 0. The minimum atomic E-state index is -0.969. The van der Waals surface area contributed by atoms with Crippen molar-refractivity contribution < 1.29 is 9.90 Å². The number of aromatic carboxylic acids is 1. The van der Waals surface area contributed by atoms with Gasteiger partial charge in [-0.1, -0.05) is 48.5 Å². The number of carboxylic acids is 1. The van der Waals surface area contributed by atoms with Gasteiger partial charge in [-0.2, -0.15) is 0 Å². The predicted molar refractivity (Wildman–Crippen MR) is 123 cm³/mol. The Morgan fingerprint density at radius 2 is 1.52 bits per heavy atom. The summed E-state index contributed by atoms with van der Waals surface area (Å²) in [6.45, 7) is 5.27. The molecule has 0 saturated carbocycles. The Kier molecular flexibility index (Phi) is 5.04. The molecule has 1 aliphatic heterocycles. The van der Waals surface area contributed by atoms with E-state index in [1.807, 2.05) is 25.1 Å². The molecule has 1 saturated heterocycles. The Bertz CT molecular complexity index is 1230. The highest BCUT2D eigenvalue weighted by atomic mass is 16.4. The summed E-state index contributed by atoms with van der Waals surface area (Å²) in [7, 11) is 0. The highest BCUT2D eigenvalue weighted by Crippen LogP contribution is 2.29. The Balaban J connectivity index is 1.40. The maximum atomic E-state index is 11.7. The van der Waals surface area contributed by atoms with Crippen molar-refractivity contribution in [3.63, 3.8) is 0 Å².